The third-order valence-corrected chi connectivity index (χ3v) is 6.66. The van der Waals surface area contributed by atoms with Gasteiger partial charge in [0.25, 0.3) is 5.56 Å². The predicted molar refractivity (Wildman–Crippen MR) is 158 cm³/mol. The van der Waals surface area contributed by atoms with Gasteiger partial charge in [-0.05, 0) is 55.7 Å². The number of imidazole rings is 1. The number of nitrogens with two attached hydrogens (primary N) is 1. The van der Waals surface area contributed by atoms with Gasteiger partial charge in [-0.15, -0.1) is 0 Å². The molecule has 0 radical (unpaired) electrons. The highest BCUT2D eigenvalue weighted by Crippen LogP contribution is 2.30. The van der Waals surface area contributed by atoms with Crippen LogP contribution >= 0.6 is 0 Å². The van der Waals surface area contributed by atoms with Crippen molar-refractivity contribution < 1.29 is 19.0 Å². The fourth-order valence-electron chi connectivity index (χ4n) is 4.61. The largest absolute Gasteiger partial charge is 0.492 e. The van der Waals surface area contributed by atoms with Crippen LogP contribution in [0.5, 0.6) is 5.75 Å². The first-order chi connectivity index (χ1) is 19.1. The van der Waals surface area contributed by atoms with E-state index in [0.717, 1.165) is 60.8 Å². The number of rotatable bonds is 10. The van der Waals surface area contributed by atoms with E-state index in [1.54, 1.807) is 11.6 Å². The second-order valence-corrected chi connectivity index (χ2v) is 11.4. The summed E-state index contributed by atoms with van der Waals surface area (Å²) < 4.78 is 20.1. The van der Waals surface area contributed by atoms with Crippen LogP contribution in [0.25, 0.3) is 22.4 Å². The molecule has 9 heteroatoms. The lowest BCUT2D eigenvalue weighted by molar-refractivity contribution is -0.145. The van der Waals surface area contributed by atoms with E-state index in [1.807, 2.05) is 65.1 Å². The number of hydrogen-bond donors (Lipinski definition) is 1. The van der Waals surface area contributed by atoms with Crippen LogP contribution in [0.15, 0.2) is 35.3 Å². The molecular weight excluding hydrogens is 508 g/mol. The number of fused-ring (bicyclic) bond motifs is 1. The van der Waals surface area contributed by atoms with E-state index in [-0.39, 0.29) is 11.5 Å². The van der Waals surface area contributed by atoms with E-state index in [0.29, 0.717) is 49.5 Å². The van der Waals surface area contributed by atoms with Crippen molar-refractivity contribution in [2.24, 2.45) is 30.5 Å². The number of benzene rings is 1. The van der Waals surface area contributed by atoms with Crippen molar-refractivity contribution in [3.63, 3.8) is 0 Å². The van der Waals surface area contributed by atoms with Gasteiger partial charge in [0, 0.05) is 63.2 Å². The summed E-state index contributed by atoms with van der Waals surface area (Å²) >= 11 is 0. The van der Waals surface area contributed by atoms with Crippen LogP contribution in [0.1, 0.15) is 52.5 Å². The lowest BCUT2D eigenvalue weighted by Crippen LogP contribution is -2.21. The highest BCUT2D eigenvalue weighted by Gasteiger charge is 2.20. The molecule has 4 rings (SSSR count). The van der Waals surface area contributed by atoms with Gasteiger partial charge in [0.05, 0.1) is 17.6 Å². The van der Waals surface area contributed by atoms with Gasteiger partial charge in [0.15, 0.2) is 0 Å². The molecule has 0 amide bonds. The molecule has 2 N–H and O–H groups in total. The molecule has 0 bridgehead atoms. The molecule has 3 aromatic rings. The van der Waals surface area contributed by atoms with Gasteiger partial charge >= 0.3 is 5.97 Å². The van der Waals surface area contributed by atoms with Crippen LogP contribution in [-0.2, 0) is 27.9 Å². The SMILES string of the molecule is CC(C)COC(=O)CC(C)C.Cc1cc(-c2nc3ccc(OCCN)cc3n2CC2CCOCC2)cn(C)c1=O. The minimum absolute atomic E-state index is 0.0123. The zero-order valence-electron chi connectivity index (χ0n) is 24.9. The van der Waals surface area contributed by atoms with Crippen LogP contribution < -0.4 is 16.0 Å². The fraction of sp³-hybridized carbons (Fsp3) is 0.581. The topological polar surface area (TPSA) is 111 Å². The number of nitrogens with zero attached hydrogens (tertiary/aromatic N) is 3. The molecule has 0 spiro atoms. The smallest absolute Gasteiger partial charge is 0.306 e. The van der Waals surface area contributed by atoms with E-state index >= 15 is 0 Å². The molecular formula is C31H46N4O5. The molecule has 0 unspecified atom stereocenters. The zero-order chi connectivity index (χ0) is 29.2. The fourth-order valence-corrected chi connectivity index (χ4v) is 4.61. The summed E-state index contributed by atoms with van der Waals surface area (Å²) in [7, 11) is 1.78. The Morgan fingerprint density at radius 3 is 2.50 bits per heavy atom. The highest BCUT2D eigenvalue weighted by atomic mass is 16.5. The number of carbonyl (C=O) groups is 1. The van der Waals surface area contributed by atoms with E-state index in [1.165, 1.54) is 0 Å². The Labute approximate surface area is 237 Å². The molecule has 9 nitrogen and oxygen atoms in total. The van der Waals surface area contributed by atoms with Gasteiger partial charge in [-0.25, -0.2) is 4.98 Å². The summed E-state index contributed by atoms with van der Waals surface area (Å²) in [6, 6.07) is 7.88. The molecule has 1 aromatic carbocycles. The summed E-state index contributed by atoms with van der Waals surface area (Å²) in [5.74, 6) is 2.96. The van der Waals surface area contributed by atoms with Crippen molar-refractivity contribution in [3.05, 3.63) is 46.4 Å². The molecule has 2 aromatic heterocycles. The van der Waals surface area contributed by atoms with Crippen LogP contribution in [0.4, 0.5) is 0 Å². The molecule has 0 aliphatic carbocycles. The molecule has 0 saturated carbocycles. The summed E-state index contributed by atoms with van der Waals surface area (Å²) in [6.07, 6.45) is 4.47. The van der Waals surface area contributed by atoms with E-state index in [4.69, 9.17) is 24.9 Å². The summed E-state index contributed by atoms with van der Waals surface area (Å²) in [4.78, 5) is 28.0. The number of aryl methyl sites for hydroxylation is 2. The Morgan fingerprint density at radius 2 is 1.88 bits per heavy atom. The highest BCUT2D eigenvalue weighted by molar-refractivity contribution is 5.82. The Hall–Kier alpha value is -3.17. The Bertz CT molecular complexity index is 1280. The molecule has 1 aliphatic heterocycles. The molecule has 40 heavy (non-hydrogen) atoms. The summed E-state index contributed by atoms with van der Waals surface area (Å²) in [5, 5.41) is 0. The maximum absolute atomic E-state index is 12.2. The average Bonchev–Trinajstić information content (AvgIpc) is 3.27. The van der Waals surface area contributed by atoms with Crippen molar-refractivity contribution in [1.82, 2.24) is 14.1 Å². The van der Waals surface area contributed by atoms with Gasteiger partial charge in [-0.3, -0.25) is 9.59 Å². The Balaban J connectivity index is 0.000000342. The molecule has 3 heterocycles. The number of ether oxygens (including phenoxy) is 3. The third-order valence-electron chi connectivity index (χ3n) is 6.66. The Morgan fingerprint density at radius 1 is 1.15 bits per heavy atom. The first-order valence-electron chi connectivity index (χ1n) is 14.3. The van der Waals surface area contributed by atoms with Gasteiger partial charge < -0.3 is 29.1 Å². The second-order valence-electron chi connectivity index (χ2n) is 11.4. The van der Waals surface area contributed by atoms with Crippen molar-refractivity contribution in [3.8, 4) is 17.1 Å². The van der Waals surface area contributed by atoms with Crippen molar-refractivity contribution in [2.45, 2.75) is 60.4 Å². The lowest BCUT2D eigenvalue weighted by Gasteiger charge is -2.23. The van der Waals surface area contributed by atoms with E-state index < -0.39 is 0 Å². The van der Waals surface area contributed by atoms with Gasteiger partial charge in [0.1, 0.15) is 18.2 Å². The quantitative estimate of drug-likeness (QED) is 0.362. The number of esters is 1. The van der Waals surface area contributed by atoms with Crippen LogP contribution in [0.3, 0.4) is 0 Å². The monoisotopic (exact) mass is 554 g/mol. The zero-order valence-corrected chi connectivity index (χ0v) is 24.9. The minimum atomic E-state index is -0.0753. The molecule has 0 atom stereocenters. The number of hydrogen-bond acceptors (Lipinski definition) is 7. The van der Waals surface area contributed by atoms with E-state index in [2.05, 4.69) is 4.57 Å². The van der Waals surface area contributed by atoms with Crippen molar-refractivity contribution in [1.29, 1.82) is 0 Å². The summed E-state index contributed by atoms with van der Waals surface area (Å²) in [5.41, 5.74) is 9.20. The number of carbonyl (C=O) groups excluding carboxylic acids is 1. The van der Waals surface area contributed by atoms with Crippen LogP contribution in [0, 0.1) is 24.7 Å². The maximum atomic E-state index is 12.2. The predicted octanol–water partition coefficient (Wildman–Crippen LogP) is 4.71. The Kier molecular flexibility index (Phi) is 11.8. The normalized spacial score (nSPS) is 13.9. The minimum Gasteiger partial charge on any atom is -0.492 e. The lowest BCUT2D eigenvalue weighted by atomic mass is 10.00. The van der Waals surface area contributed by atoms with Crippen molar-refractivity contribution >= 4 is 17.0 Å². The van der Waals surface area contributed by atoms with Gasteiger partial charge in [0.2, 0.25) is 0 Å². The molecule has 220 valence electrons. The number of pyridine rings is 1. The number of aromatic nitrogens is 3. The first kappa shape index (κ1) is 31.4. The summed E-state index contributed by atoms with van der Waals surface area (Å²) in [6.45, 7) is 13.9. The van der Waals surface area contributed by atoms with E-state index in [9.17, 15) is 9.59 Å². The second kappa shape index (κ2) is 15.0. The molecule has 1 saturated heterocycles. The molecule has 1 aliphatic rings. The van der Waals surface area contributed by atoms with Gasteiger partial charge in [-0.2, -0.15) is 0 Å². The first-order valence-corrected chi connectivity index (χ1v) is 14.3. The van der Waals surface area contributed by atoms with Crippen LogP contribution in [-0.4, -0.2) is 53.1 Å². The van der Waals surface area contributed by atoms with Crippen LogP contribution in [0.2, 0.25) is 0 Å². The standard InChI is InChI=1S/C22H28N4O3.C9H18O2/c1-15-11-17(14-25(2)22(15)27)21-24-19-4-3-18(29-10-7-23)12-20(19)26(21)13-16-5-8-28-9-6-16;1-7(2)5-9(10)11-6-8(3)4/h3-4,11-12,14,16H,5-10,13,23H2,1-2H3;7-8H,5-6H2,1-4H3. The average molecular weight is 555 g/mol. The van der Waals surface area contributed by atoms with Crippen molar-refractivity contribution in [2.75, 3.05) is 33.0 Å². The molecule has 1 fully saturated rings. The maximum Gasteiger partial charge on any atom is 0.306 e. The third kappa shape index (κ3) is 8.93. The van der Waals surface area contributed by atoms with Gasteiger partial charge in [-0.1, -0.05) is 27.7 Å².